The SMILES string of the molecule is Cl.Cl.O=C(Nc1cccn2c(COc3cccnc3)c(C(F)(F)F)nc12)c1c(Cl)cccc1Cl. The molecule has 34 heavy (non-hydrogen) atoms. The summed E-state index contributed by atoms with van der Waals surface area (Å²) in [4.78, 5) is 20.3. The number of nitrogens with one attached hydrogen (secondary N) is 1. The molecule has 13 heteroatoms. The second kappa shape index (κ2) is 11.1. The first-order chi connectivity index (χ1) is 15.3. The van der Waals surface area contributed by atoms with E-state index in [0.29, 0.717) is 5.75 Å². The van der Waals surface area contributed by atoms with Gasteiger partial charge in [-0.3, -0.25) is 14.2 Å². The minimum Gasteiger partial charge on any atom is -0.486 e. The zero-order valence-corrected chi connectivity index (χ0v) is 20.0. The minimum absolute atomic E-state index is 0. The predicted molar refractivity (Wildman–Crippen MR) is 128 cm³/mol. The van der Waals surface area contributed by atoms with Crippen molar-refractivity contribution in [1.82, 2.24) is 14.4 Å². The molecule has 4 rings (SSSR count). The van der Waals surface area contributed by atoms with Crippen molar-refractivity contribution in [1.29, 1.82) is 0 Å². The molecule has 0 aliphatic heterocycles. The Bertz CT molecular complexity index is 1280. The molecule has 0 unspecified atom stereocenters. The van der Waals surface area contributed by atoms with E-state index in [4.69, 9.17) is 27.9 Å². The lowest BCUT2D eigenvalue weighted by molar-refractivity contribution is -0.141. The summed E-state index contributed by atoms with van der Waals surface area (Å²) < 4.78 is 47.8. The average molecular weight is 554 g/mol. The van der Waals surface area contributed by atoms with Gasteiger partial charge >= 0.3 is 6.18 Å². The Labute approximate surface area is 213 Å². The molecule has 6 nitrogen and oxygen atoms in total. The van der Waals surface area contributed by atoms with Crippen LogP contribution in [-0.4, -0.2) is 20.3 Å². The number of nitrogens with zero attached hydrogens (tertiary/aromatic N) is 3. The molecule has 1 N–H and O–H groups in total. The maximum atomic E-state index is 13.7. The minimum atomic E-state index is -4.74. The van der Waals surface area contributed by atoms with Gasteiger partial charge in [-0.05, 0) is 36.4 Å². The van der Waals surface area contributed by atoms with Gasteiger partial charge in [-0.15, -0.1) is 24.8 Å². The topological polar surface area (TPSA) is 68.5 Å². The number of amides is 1. The summed E-state index contributed by atoms with van der Waals surface area (Å²) in [6.45, 7) is -0.421. The maximum absolute atomic E-state index is 13.7. The van der Waals surface area contributed by atoms with E-state index < -0.39 is 24.4 Å². The Balaban J connectivity index is 0.00000204. The van der Waals surface area contributed by atoms with Crippen molar-refractivity contribution in [3.05, 3.63) is 88.1 Å². The number of imidazole rings is 1. The molecule has 180 valence electrons. The van der Waals surface area contributed by atoms with Crippen LogP contribution in [0.25, 0.3) is 5.65 Å². The van der Waals surface area contributed by atoms with Crippen LogP contribution in [0, 0.1) is 0 Å². The molecule has 0 aliphatic rings. The van der Waals surface area contributed by atoms with Crippen LogP contribution in [0.5, 0.6) is 5.75 Å². The largest absolute Gasteiger partial charge is 0.486 e. The highest BCUT2D eigenvalue weighted by atomic mass is 35.5. The van der Waals surface area contributed by atoms with Crippen LogP contribution in [0.1, 0.15) is 21.7 Å². The number of hydrogen-bond acceptors (Lipinski definition) is 4. The molecule has 0 saturated heterocycles. The number of carbonyl (C=O) groups is 1. The third kappa shape index (κ3) is 5.67. The Kier molecular flexibility index (Phi) is 9.02. The van der Waals surface area contributed by atoms with Crippen molar-refractivity contribution in [3.63, 3.8) is 0 Å². The summed E-state index contributed by atoms with van der Waals surface area (Å²) in [6, 6.07) is 10.6. The van der Waals surface area contributed by atoms with Gasteiger partial charge in [0.1, 0.15) is 12.4 Å². The molecule has 3 heterocycles. The van der Waals surface area contributed by atoms with Gasteiger partial charge in [-0.1, -0.05) is 29.3 Å². The van der Waals surface area contributed by atoms with Crippen LogP contribution < -0.4 is 10.1 Å². The molecule has 1 aromatic carbocycles. The normalized spacial score (nSPS) is 10.9. The highest BCUT2D eigenvalue weighted by Gasteiger charge is 2.38. The van der Waals surface area contributed by atoms with Crippen molar-refractivity contribution >= 4 is 65.3 Å². The van der Waals surface area contributed by atoms with E-state index in [2.05, 4.69) is 15.3 Å². The van der Waals surface area contributed by atoms with Crippen LogP contribution in [-0.2, 0) is 12.8 Å². The number of pyridine rings is 2. The summed E-state index contributed by atoms with van der Waals surface area (Å²) in [6.07, 6.45) is -0.442. The number of anilines is 1. The molecule has 0 fully saturated rings. The van der Waals surface area contributed by atoms with E-state index in [1.807, 2.05) is 0 Å². The Morgan fingerprint density at radius 2 is 1.76 bits per heavy atom. The molecule has 0 aliphatic carbocycles. The van der Waals surface area contributed by atoms with Gasteiger partial charge in [0.05, 0.1) is 33.2 Å². The second-order valence-electron chi connectivity index (χ2n) is 6.55. The van der Waals surface area contributed by atoms with Gasteiger partial charge in [0, 0.05) is 12.4 Å². The summed E-state index contributed by atoms with van der Waals surface area (Å²) in [5.41, 5.74) is -1.42. The fourth-order valence-corrected chi connectivity index (χ4v) is 3.63. The average Bonchev–Trinajstić information content (AvgIpc) is 3.13. The zero-order chi connectivity index (χ0) is 22.9. The Hall–Kier alpha value is -2.72. The zero-order valence-electron chi connectivity index (χ0n) is 16.8. The van der Waals surface area contributed by atoms with E-state index in [-0.39, 0.29) is 57.5 Å². The van der Waals surface area contributed by atoms with Crippen molar-refractivity contribution < 1.29 is 22.7 Å². The third-order valence-corrected chi connectivity index (χ3v) is 5.10. The quantitative estimate of drug-likeness (QED) is 0.297. The van der Waals surface area contributed by atoms with Crippen LogP contribution in [0.15, 0.2) is 61.1 Å². The van der Waals surface area contributed by atoms with Gasteiger partial charge < -0.3 is 10.1 Å². The number of benzene rings is 1. The first kappa shape index (κ1) is 27.5. The van der Waals surface area contributed by atoms with Gasteiger partial charge in [0.2, 0.25) is 0 Å². The number of rotatable bonds is 5. The van der Waals surface area contributed by atoms with E-state index >= 15 is 0 Å². The highest BCUT2D eigenvalue weighted by Crippen LogP contribution is 2.34. The Morgan fingerprint density at radius 3 is 2.38 bits per heavy atom. The predicted octanol–water partition coefficient (Wildman–Crippen LogP) is 6.73. The number of halogens is 7. The molecule has 0 bridgehead atoms. The second-order valence-corrected chi connectivity index (χ2v) is 7.36. The maximum Gasteiger partial charge on any atom is 0.435 e. The lowest BCUT2D eigenvalue weighted by atomic mass is 10.2. The Morgan fingerprint density at radius 1 is 1.06 bits per heavy atom. The number of carbonyl (C=O) groups excluding carboxylic acids is 1. The van der Waals surface area contributed by atoms with Crippen molar-refractivity contribution in [2.45, 2.75) is 12.8 Å². The smallest absolute Gasteiger partial charge is 0.435 e. The van der Waals surface area contributed by atoms with E-state index in [9.17, 15) is 18.0 Å². The van der Waals surface area contributed by atoms with E-state index in [1.165, 1.54) is 47.3 Å². The summed E-state index contributed by atoms with van der Waals surface area (Å²) in [5.74, 6) is -0.383. The van der Waals surface area contributed by atoms with Crippen LogP contribution >= 0.6 is 48.0 Å². The first-order valence-corrected chi connectivity index (χ1v) is 9.86. The van der Waals surface area contributed by atoms with Gasteiger partial charge in [-0.2, -0.15) is 13.2 Å². The summed E-state index contributed by atoms with van der Waals surface area (Å²) in [7, 11) is 0. The molecule has 3 aromatic heterocycles. The molecule has 0 atom stereocenters. The third-order valence-electron chi connectivity index (χ3n) is 4.47. The fourth-order valence-electron chi connectivity index (χ4n) is 3.06. The van der Waals surface area contributed by atoms with Gasteiger partial charge in [0.25, 0.3) is 5.91 Å². The summed E-state index contributed by atoms with van der Waals surface area (Å²) in [5, 5.41) is 2.75. The lowest BCUT2D eigenvalue weighted by Crippen LogP contribution is -2.14. The number of aromatic nitrogens is 3. The fraction of sp³-hybridized carbons (Fsp3) is 0.0952. The molecule has 0 spiro atoms. The van der Waals surface area contributed by atoms with E-state index in [0.717, 1.165) is 0 Å². The molecule has 0 radical (unpaired) electrons. The summed E-state index contributed by atoms with van der Waals surface area (Å²) >= 11 is 12.1. The van der Waals surface area contributed by atoms with E-state index in [1.54, 1.807) is 18.2 Å². The van der Waals surface area contributed by atoms with Gasteiger partial charge in [0.15, 0.2) is 11.3 Å². The van der Waals surface area contributed by atoms with Crippen molar-refractivity contribution in [2.75, 3.05) is 5.32 Å². The highest BCUT2D eigenvalue weighted by molar-refractivity contribution is 6.40. The molecular weight excluding hydrogens is 539 g/mol. The monoisotopic (exact) mass is 552 g/mol. The lowest BCUT2D eigenvalue weighted by Gasteiger charge is -2.11. The molecule has 4 aromatic rings. The van der Waals surface area contributed by atoms with Gasteiger partial charge in [-0.25, -0.2) is 4.98 Å². The van der Waals surface area contributed by atoms with Crippen molar-refractivity contribution in [2.24, 2.45) is 0 Å². The molecule has 1 amide bonds. The number of fused-ring (bicyclic) bond motifs is 1. The number of alkyl halides is 3. The number of hydrogen-bond donors (Lipinski definition) is 1. The number of ether oxygens (including phenoxy) is 1. The molecule has 0 saturated carbocycles. The molecular formula is C21H15Cl4F3N4O2. The van der Waals surface area contributed by atoms with Crippen molar-refractivity contribution in [3.8, 4) is 5.75 Å². The van der Waals surface area contributed by atoms with Crippen LogP contribution in [0.4, 0.5) is 18.9 Å². The first-order valence-electron chi connectivity index (χ1n) is 9.11. The standard InChI is InChI=1S/C21H13Cl2F3N4O2.2ClH/c22-13-5-1-6-14(23)17(13)20(31)28-15-7-3-9-30-16(11-32-12-4-2-8-27-10-12)18(21(24,25)26)29-19(15)30;;/h1-10H,11H2,(H,28,31);2*1H. The van der Waals surface area contributed by atoms with Crippen LogP contribution in [0.3, 0.4) is 0 Å². The van der Waals surface area contributed by atoms with Crippen LogP contribution in [0.2, 0.25) is 10.0 Å².